The van der Waals surface area contributed by atoms with Crippen LogP contribution in [-0.4, -0.2) is 17.9 Å². The number of hydrogen-bond donors (Lipinski definition) is 2. The van der Waals surface area contributed by atoms with Crippen molar-refractivity contribution in [1.29, 1.82) is 0 Å². The van der Waals surface area contributed by atoms with Gasteiger partial charge in [-0.25, -0.2) is 0 Å². The highest BCUT2D eigenvalue weighted by molar-refractivity contribution is 5.86. The minimum absolute atomic E-state index is 0.133. The van der Waals surface area contributed by atoms with E-state index in [1.807, 2.05) is 45.0 Å². The molecule has 1 rings (SSSR count). The molecule has 0 aliphatic heterocycles. The molecule has 0 spiro atoms. The van der Waals surface area contributed by atoms with Gasteiger partial charge in [-0.1, -0.05) is 43.7 Å². The summed E-state index contributed by atoms with van der Waals surface area (Å²) in [5.74, 6) is -0.377. The smallest absolute Gasteiger partial charge is 0.240 e. The van der Waals surface area contributed by atoms with Crippen molar-refractivity contribution < 1.29 is 9.59 Å². The first-order chi connectivity index (χ1) is 8.88. The Balaban J connectivity index is 2.68. The molecule has 0 unspecified atom stereocenters. The third-order valence-corrected chi connectivity index (χ3v) is 2.79. The maximum Gasteiger partial charge on any atom is 0.240 e. The van der Waals surface area contributed by atoms with Crippen LogP contribution in [0.2, 0.25) is 0 Å². The number of primary amides is 1. The fourth-order valence-corrected chi connectivity index (χ4v) is 1.92. The second-order valence-electron chi connectivity index (χ2n) is 5.31. The summed E-state index contributed by atoms with van der Waals surface area (Å²) in [5, 5.41) is 2.70. The summed E-state index contributed by atoms with van der Waals surface area (Å²) in [6.07, 6.45) is 0.832. The Labute approximate surface area is 114 Å². The molecule has 2 amide bonds. The van der Waals surface area contributed by atoms with Gasteiger partial charge in [0.2, 0.25) is 11.8 Å². The van der Waals surface area contributed by atoms with Gasteiger partial charge in [-0.2, -0.15) is 0 Å². The number of carbonyl (C=O) groups excluding carboxylic acids is 2. The fraction of sp³-hybridized carbons (Fsp3) is 0.467. The Hall–Kier alpha value is -1.84. The molecule has 0 radical (unpaired) electrons. The quantitative estimate of drug-likeness (QED) is 0.816. The number of nitrogens with one attached hydrogen (secondary N) is 1. The maximum atomic E-state index is 11.7. The zero-order valence-corrected chi connectivity index (χ0v) is 11.8. The van der Waals surface area contributed by atoms with Crippen LogP contribution >= 0.6 is 0 Å². The van der Waals surface area contributed by atoms with Crippen molar-refractivity contribution >= 4 is 11.8 Å². The summed E-state index contributed by atoms with van der Waals surface area (Å²) in [6, 6.07) is 7.19. The number of amides is 2. The first-order valence-corrected chi connectivity index (χ1v) is 6.52. The zero-order chi connectivity index (χ0) is 14.4. The van der Waals surface area contributed by atoms with E-state index in [0.29, 0.717) is 12.8 Å². The minimum atomic E-state index is -0.645. The maximum absolute atomic E-state index is 11.7. The highest BCUT2D eigenvalue weighted by atomic mass is 16.2. The Kier molecular flexibility index (Phi) is 5.55. The first-order valence-electron chi connectivity index (χ1n) is 6.52. The summed E-state index contributed by atoms with van der Waals surface area (Å²) in [4.78, 5) is 23.1. The normalized spacial score (nSPS) is 12.2. The van der Waals surface area contributed by atoms with Crippen molar-refractivity contribution in [3.05, 3.63) is 35.4 Å². The average molecular weight is 262 g/mol. The van der Waals surface area contributed by atoms with E-state index in [1.54, 1.807) is 0 Å². The van der Waals surface area contributed by atoms with E-state index in [9.17, 15) is 9.59 Å². The van der Waals surface area contributed by atoms with Crippen molar-refractivity contribution in [3.63, 3.8) is 0 Å². The van der Waals surface area contributed by atoms with Crippen LogP contribution < -0.4 is 11.1 Å². The number of carbonyl (C=O) groups is 2. The predicted molar refractivity (Wildman–Crippen MR) is 75.5 cm³/mol. The third kappa shape index (κ3) is 5.55. The fourth-order valence-electron chi connectivity index (χ4n) is 1.92. The highest BCUT2D eigenvalue weighted by Gasteiger charge is 2.18. The van der Waals surface area contributed by atoms with Crippen molar-refractivity contribution in [2.45, 2.75) is 39.7 Å². The Morgan fingerprint density at radius 2 is 2.00 bits per heavy atom. The van der Waals surface area contributed by atoms with Crippen LogP contribution in [0, 0.1) is 12.8 Å². The molecular formula is C15H22N2O2. The van der Waals surface area contributed by atoms with E-state index >= 15 is 0 Å². The molecule has 0 fully saturated rings. The lowest BCUT2D eigenvalue weighted by Gasteiger charge is -2.16. The van der Waals surface area contributed by atoms with E-state index in [4.69, 9.17) is 5.73 Å². The molecule has 0 saturated heterocycles. The molecule has 1 aromatic carbocycles. The molecule has 1 aromatic rings. The van der Waals surface area contributed by atoms with Gasteiger partial charge in [0.25, 0.3) is 0 Å². The van der Waals surface area contributed by atoms with Crippen LogP contribution in [0.3, 0.4) is 0 Å². The van der Waals surface area contributed by atoms with Crippen LogP contribution in [0.1, 0.15) is 31.4 Å². The number of hydrogen-bond acceptors (Lipinski definition) is 2. The van der Waals surface area contributed by atoms with Crippen molar-refractivity contribution in [2.75, 3.05) is 0 Å². The molecule has 0 aliphatic rings. The van der Waals surface area contributed by atoms with E-state index in [1.165, 1.54) is 0 Å². The molecule has 4 nitrogen and oxygen atoms in total. The summed E-state index contributed by atoms with van der Waals surface area (Å²) in [5.41, 5.74) is 7.46. The van der Waals surface area contributed by atoms with Gasteiger partial charge in [-0.15, -0.1) is 0 Å². The molecule has 0 aliphatic carbocycles. The van der Waals surface area contributed by atoms with E-state index in [2.05, 4.69) is 5.32 Å². The molecular weight excluding hydrogens is 240 g/mol. The lowest BCUT2D eigenvalue weighted by atomic mass is 10.0. The third-order valence-electron chi connectivity index (χ3n) is 2.79. The van der Waals surface area contributed by atoms with Crippen LogP contribution in [0.4, 0.5) is 0 Å². The molecule has 4 heteroatoms. The lowest BCUT2D eigenvalue weighted by Crippen LogP contribution is -2.46. The number of rotatable bonds is 6. The van der Waals surface area contributed by atoms with Crippen molar-refractivity contribution in [3.8, 4) is 0 Å². The summed E-state index contributed by atoms with van der Waals surface area (Å²) in [7, 11) is 0. The SMILES string of the molecule is Cc1cccc(C[C@H](NC(=O)CC(C)C)C(N)=O)c1. The van der Waals surface area contributed by atoms with Crippen LogP contribution in [0.25, 0.3) is 0 Å². The van der Waals surface area contributed by atoms with E-state index in [-0.39, 0.29) is 11.8 Å². The monoisotopic (exact) mass is 262 g/mol. The minimum Gasteiger partial charge on any atom is -0.368 e. The highest BCUT2D eigenvalue weighted by Crippen LogP contribution is 2.07. The molecule has 1 atom stereocenters. The average Bonchev–Trinajstić information content (AvgIpc) is 2.26. The van der Waals surface area contributed by atoms with Gasteiger partial charge in [0.05, 0.1) is 0 Å². The second-order valence-corrected chi connectivity index (χ2v) is 5.31. The van der Waals surface area contributed by atoms with Crippen molar-refractivity contribution in [1.82, 2.24) is 5.32 Å². The van der Waals surface area contributed by atoms with Crippen LogP contribution in [0.15, 0.2) is 24.3 Å². The Bertz CT molecular complexity index is 455. The Morgan fingerprint density at radius 1 is 1.32 bits per heavy atom. The lowest BCUT2D eigenvalue weighted by molar-refractivity contribution is -0.127. The summed E-state index contributed by atoms with van der Waals surface area (Å²) in [6.45, 7) is 5.90. The van der Waals surface area contributed by atoms with Gasteiger partial charge in [0.15, 0.2) is 0 Å². The van der Waals surface area contributed by atoms with Gasteiger partial charge in [-0.05, 0) is 18.4 Å². The second kappa shape index (κ2) is 6.92. The Morgan fingerprint density at radius 3 is 2.53 bits per heavy atom. The van der Waals surface area contributed by atoms with Crippen molar-refractivity contribution in [2.24, 2.45) is 11.7 Å². The summed E-state index contributed by atoms with van der Waals surface area (Å²) < 4.78 is 0. The van der Waals surface area contributed by atoms with Gasteiger partial charge < -0.3 is 11.1 Å². The van der Waals surface area contributed by atoms with Crippen LogP contribution in [0.5, 0.6) is 0 Å². The molecule has 0 saturated carbocycles. The van der Waals surface area contributed by atoms with Gasteiger partial charge in [0.1, 0.15) is 6.04 Å². The number of aryl methyl sites for hydroxylation is 1. The van der Waals surface area contributed by atoms with E-state index in [0.717, 1.165) is 11.1 Å². The van der Waals surface area contributed by atoms with Gasteiger partial charge >= 0.3 is 0 Å². The molecule has 104 valence electrons. The van der Waals surface area contributed by atoms with Gasteiger partial charge in [0, 0.05) is 12.8 Å². The molecule has 19 heavy (non-hydrogen) atoms. The molecule has 3 N–H and O–H groups in total. The molecule has 0 bridgehead atoms. The zero-order valence-electron chi connectivity index (χ0n) is 11.8. The van der Waals surface area contributed by atoms with E-state index < -0.39 is 11.9 Å². The topological polar surface area (TPSA) is 72.2 Å². The number of nitrogens with two attached hydrogens (primary N) is 1. The van der Waals surface area contributed by atoms with Crippen LogP contribution in [-0.2, 0) is 16.0 Å². The molecule has 0 aromatic heterocycles. The standard InChI is InChI=1S/C15H22N2O2/c1-10(2)7-14(18)17-13(15(16)19)9-12-6-4-5-11(3)8-12/h4-6,8,10,13H,7,9H2,1-3H3,(H2,16,19)(H,17,18)/t13-/m0/s1. The largest absolute Gasteiger partial charge is 0.368 e. The van der Waals surface area contributed by atoms with Gasteiger partial charge in [-0.3, -0.25) is 9.59 Å². The predicted octanol–water partition coefficient (Wildman–Crippen LogP) is 1.55. The number of benzene rings is 1. The first kappa shape index (κ1) is 15.2. The summed E-state index contributed by atoms with van der Waals surface area (Å²) >= 11 is 0. The molecule has 0 heterocycles.